The summed E-state index contributed by atoms with van der Waals surface area (Å²) in [5.41, 5.74) is 0. The maximum Gasteiger partial charge on any atom is 0.460 e. The first-order chi connectivity index (χ1) is 12.4. The lowest BCUT2D eigenvalue weighted by molar-refractivity contribution is -0.382. The summed E-state index contributed by atoms with van der Waals surface area (Å²) in [5, 5.41) is -6.94. The number of halogens is 9. The van der Waals surface area contributed by atoms with Crippen LogP contribution in [0.4, 0.5) is 39.5 Å². The lowest BCUT2D eigenvalue weighted by Gasteiger charge is -2.42. The molecule has 0 spiro atoms. The van der Waals surface area contributed by atoms with Crippen molar-refractivity contribution in [3.05, 3.63) is 0 Å². The Labute approximate surface area is 155 Å². The average Bonchev–Trinajstić information content (AvgIpc) is 2.53. The second-order valence-electron chi connectivity index (χ2n) is 5.71. The summed E-state index contributed by atoms with van der Waals surface area (Å²) >= 11 is 0. The molecule has 1 rings (SSSR count). The van der Waals surface area contributed by atoms with Crippen LogP contribution in [0.5, 0.6) is 0 Å². The number of ether oxygens (including phenoxy) is 1. The molecule has 1 fully saturated rings. The Morgan fingerprint density at radius 2 is 1.43 bits per heavy atom. The highest BCUT2D eigenvalue weighted by atomic mass is 32.3. The molecule has 0 aromatic carbocycles. The Morgan fingerprint density at radius 1 is 0.964 bits per heavy atom. The predicted molar refractivity (Wildman–Crippen MR) is 79.2 cm³/mol. The van der Waals surface area contributed by atoms with Crippen LogP contribution in [0.3, 0.4) is 0 Å². The second-order valence-corrected chi connectivity index (χ2v) is 10.7. The van der Waals surface area contributed by atoms with Crippen LogP contribution < -0.4 is 0 Å². The van der Waals surface area contributed by atoms with Gasteiger partial charge in [-0.25, -0.2) is 3.63 Å². The fraction of sp³-hybridized carbons (Fsp3) is 0.917. The van der Waals surface area contributed by atoms with Crippen LogP contribution in [0.2, 0.25) is 0 Å². The van der Waals surface area contributed by atoms with Crippen LogP contribution in [0.15, 0.2) is 0 Å². The van der Waals surface area contributed by atoms with Crippen molar-refractivity contribution in [1.82, 2.24) is 0 Å². The molecule has 0 unspecified atom stereocenters. The van der Waals surface area contributed by atoms with Gasteiger partial charge < -0.3 is 4.74 Å². The molecule has 16 heteroatoms. The molecule has 1 saturated heterocycles. The molecule has 0 N–H and O–H groups in total. The molecule has 1 heterocycles. The largest absolute Gasteiger partial charge is 0.460 e. The first-order valence-corrected chi connectivity index (χ1v) is 10.9. The van der Waals surface area contributed by atoms with Gasteiger partial charge in [0.05, 0.1) is 19.0 Å². The van der Waals surface area contributed by atoms with E-state index in [1.807, 2.05) is 0 Å². The quantitative estimate of drug-likeness (QED) is 0.504. The molecule has 0 aromatic rings. The first kappa shape index (κ1) is 25.3. The van der Waals surface area contributed by atoms with Crippen molar-refractivity contribution in [2.45, 2.75) is 36.6 Å². The van der Waals surface area contributed by atoms with Crippen LogP contribution >= 0.6 is 10.3 Å². The van der Waals surface area contributed by atoms with Crippen molar-refractivity contribution in [1.29, 1.82) is 0 Å². The summed E-state index contributed by atoms with van der Waals surface area (Å²) in [5.74, 6) is -17.2. The average molecular weight is 474 g/mol. The zero-order valence-corrected chi connectivity index (χ0v) is 15.6. The third-order valence-corrected chi connectivity index (χ3v) is 9.11. The number of hydrogen-bond acceptors (Lipinski definition) is 5. The fourth-order valence-corrected chi connectivity index (χ4v) is 7.18. The summed E-state index contributed by atoms with van der Waals surface area (Å²) in [7, 11) is -10.4. The summed E-state index contributed by atoms with van der Waals surface area (Å²) in [6.45, 7) is 0.682. The van der Waals surface area contributed by atoms with E-state index in [9.17, 15) is 52.7 Å². The molecule has 5 nitrogen and oxygen atoms in total. The summed E-state index contributed by atoms with van der Waals surface area (Å²) in [6.07, 6.45) is -7.38. The minimum Gasteiger partial charge on any atom is -0.380 e. The van der Waals surface area contributed by atoms with Crippen molar-refractivity contribution in [3.8, 4) is 0 Å². The van der Waals surface area contributed by atoms with Gasteiger partial charge in [0.15, 0.2) is 0 Å². The van der Waals surface area contributed by atoms with Gasteiger partial charge in [0.2, 0.25) is 0 Å². The molecule has 0 atom stereocenters. The number of hydrogen-bond donors (Lipinski definition) is 0. The van der Waals surface area contributed by atoms with Crippen LogP contribution in [0.25, 0.3) is 0 Å². The van der Waals surface area contributed by atoms with E-state index in [-0.39, 0.29) is 19.6 Å². The molecule has 1 aliphatic rings. The Kier molecular flexibility index (Phi) is 7.07. The van der Waals surface area contributed by atoms with E-state index >= 15 is 0 Å². The number of carbonyl (C=O) groups excluding carboxylic acids is 1. The van der Waals surface area contributed by atoms with E-state index in [1.165, 1.54) is 6.92 Å². The molecule has 0 bridgehead atoms. The van der Waals surface area contributed by atoms with Crippen molar-refractivity contribution < 1.29 is 61.1 Å². The van der Waals surface area contributed by atoms with E-state index in [4.69, 9.17) is 4.74 Å². The Hall–Kier alpha value is -0.740. The zero-order chi connectivity index (χ0) is 22.2. The molecule has 1 aliphatic heterocycles. The van der Waals surface area contributed by atoms with Crippen molar-refractivity contribution in [2.24, 2.45) is 0 Å². The monoisotopic (exact) mass is 474 g/mol. The first-order valence-electron chi connectivity index (χ1n) is 7.38. The lowest BCUT2D eigenvalue weighted by atomic mass is 10.1. The number of carbonyl (C=O) groups is 1. The number of alkyl halides is 9. The molecule has 0 aliphatic carbocycles. The van der Waals surface area contributed by atoms with E-state index in [0.717, 1.165) is 0 Å². The van der Waals surface area contributed by atoms with Crippen LogP contribution in [-0.4, -0.2) is 67.9 Å². The Bertz CT molecular complexity index is 684. The zero-order valence-electron chi connectivity index (χ0n) is 14.0. The van der Waals surface area contributed by atoms with Crippen molar-refractivity contribution >= 4 is 26.2 Å². The van der Waals surface area contributed by atoms with Gasteiger partial charge in [-0.15, -0.1) is 10.3 Å². The van der Waals surface area contributed by atoms with Crippen LogP contribution in [0, 0.1) is 0 Å². The Morgan fingerprint density at radius 3 is 1.82 bits per heavy atom. The van der Waals surface area contributed by atoms with Gasteiger partial charge in [-0.05, 0) is 0 Å². The smallest absolute Gasteiger partial charge is 0.380 e. The fourth-order valence-electron chi connectivity index (χ4n) is 2.01. The maximum atomic E-state index is 13.8. The summed E-state index contributed by atoms with van der Waals surface area (Å²) < 4.78 is 149. The topological polar surface area (TPSA) is 69.7 Å². The van der Waals surface area contributed by atoms with Crippen molar-refractivity contribution in [3.63, 3.8) is 0 Å². The minimum atomic E-state index is -7.38. The molecule has 0 aromatic heterocycles. The SMILES string of the molecule is CCC(=O)CS1(OS(=O)(=O)C(F)(F)C(F)(F)C(F)(F)C(F)(F)F)CCOCC1. The van der Waals surface area contributed by atoms with E-state index in [2.05, 4.69) is 3.63 Å². The van der Waals surface area contributed by atoms with Gasteiger partial charge in [-0.2, -0.15) is 47.9 Å². The van der Waals surface area contributed by atoms with E-state index in [1.54, 1.807) is 0 Å². The second kappa shape index (κ2) is 7.83. The van der Waals surface area contributed by atoms with Gasteiger partial charge in [-0.1, -0.05) is 6.92 Å². The highest BCUT2D eigenvalue weighted by Gasteiger charge is 2.86. The molecule has 0 radical (unpaired) electrons. The standard InChI is InChI=1S/C12H15F9O5S2/c1-2-8(22)7-27(5-3-25-4-6-27)26-28(23,24)12(20,21)10(15,16)9(13,14)11(17,18)19/h2-7H2,1H3. The van der Waals surface area contributed by atoms with Gasteiger partial charge >= 0.3 is 33.4 Å². The molecule has 0 amide bonds. The maximum absolute atomic E-state index is 13.8. The van der Waals surface area contributed by atoms with E-state index in [0.29, 0.717) is 0 Å². The van der Waals surface area contributed by atoms with Gasteiger partial charge in [0, 0.05) is 17.9 Å². The molecule has 0 saturated carbocycles. The van der Waals surface area contributed by atoms with Crippen molar-refractivity contribution in [2.75, 3.05) is 30.5 Å². The highest BCUT2D eigenvalue weighted by molar-refractivity contribution is 8.33. The summed E-state index contributed by atoms with van der Waals surface area (Å²) in [6, 6.07) is 0. The number of rotatable bonds is 8. The molecule has 28 heavy (non-hydrogen) atoms. The summed E-state index contributed by atoms with van der Waals surface area (Å²) in [4.78, 5) is 11.6. The normalized spacial score (nSPS) is 20.6. The van der Waals surface area contributed by atoms with Crippen LogP contribution in [0.1, 0.15) is 13.3 Å². The molecular formula is C12H15F9O5S2. The number of Topliss-reactive ketones (excluding diaryl/α,β-unsaturated/α-hetero) is 1. The predicted octanol–water partition coefficient (Wildman–Crippen LogP) is 3.49. The van der Waals surface area contributed by atoms with E-state index < -0.39 is 66.7 Å². The number of ketones is 1. The third kappa shape index (κ3) is 4.38. The lowest BCUT2D eigenvalue weighted by Crippen LogP contribution is -2.63. The molecular weight excluding hydrogens is 459 g/mol. The minimum absolute atomic E-state index is 0.211. The Balaban J connectivity index is 3.36. The van der Waals surface area contributed by atoms with Gasteiger partial charge in [0.25, 0.3) is 0 Å². The van der Waals surface area contributed by atoms with Gasteiger partial charge in [0.1, 0.15) is 5.78 Å². The van der Waals surface area contributed by atoms with Gasteiger partial charge in [-0.3, -0.25) is 4.79 Å². The molecule has 168 valence electrons. The highest BCUT2D eigenvalue weighted by Crippen LogP contribution is 2.59. The van der Waals surface area contributed by atoms with Crippen LogP contribution in [-0.2, 0) is 23.3 Å². The third-order valence-electron chi connectivity index (χ3n) is 3.68.